The highest BCUT2D eigenvalue weighted by Gasteiger charge is 2.48. The summed E-state index contributed by atoms with van der Waals surface area (Å²) in [5.74, 6) is -0.264. The molecular formula is C20H22Br2O3. The van der Waals surface area contributed by atoms with Gasteiger partial charge in [-0.1, -0.05) is 56.1 Å². The number of hydrogen-bond donors (Lipinski definition) is 1. The van der Waals surface area contributed by atoms with Crippen molar-refractivity contribution in [3.8, 4) is 0 Å². The van der Waals surface area contributed by atoms with Gasteiger partial charge in [-0.3, -0.25) is 4.79 Å². The standard InChI is InChI=1S/C10H11BrO2.C10H11BrO/c1-10(2,13)9(12)7-3-5-8(11)6-4-7;1-10(2)9(12-10)7-3-5-8(11)6-4-7/h3-6,13H,1-2H3;3-6,9H,1-2H3. The van der Waals surface area contributed by atoms with Gasteiger partial charge < -0.3 is 9.84 Å². The molecule has 2 aromatic carbocycles. The SMILES string of the molecule is CC(C)(O)C(=O)c1ccc(Br)cc1.CC1(C)OC1c1ccc(Br)cc1. The molecule has 3 nitrogen and oxygen atoms in total. The third-order valence-electron chi connectivity index (χ3n) is 3.83. The summed E-state index contributed by atoms with van der Waals surface area (Å²) in [5.41, 5.74) is 0.542. The van der Waals surface area contributed by atoms with Crippen molar-refractivity contribution < 1.29 is 14.6 Å². The van der Waals surface area contributed by atoms with Crippen LogP contribution in [0.15, 0.2) is 57.5 Å². The van der Waals surface area contributed by atoms with Crippen molar-refractivity contribution in [3.63, 3.8) is 0 Å². The van der Waals surface area contributed by atoms with E-state index in [9.17, 15) is 9.90 Å². The fraction of sp³-hybridized carbons (Fsp3) is 0.350. The van der Waals surface area contributed by atoms with Crippen molar-refractivity contribution in [1.82, 2.24) is 0 Å². The molecule has 1 aliphatic heterocycles. The second-order valence-electron chi connectivity index (χ2n) is 7.05. The minimum absolute atomic E-state index is 0.0494. The lowest BCUT2D eigenvalue weighted by Gasteiger charge is -2.15. The molecule has 1 heterocycles. The predicted molar refractivity (Wildman–Crippen MR) is 107 cm³/mol. The Morgan fingerprint density at radius 3 is 1.76 bits per heavy atom. The third-order valence-corrected chi connectivity index (χ3v) is 4.89. The van der Waals surface area contributed by atoms with Crippen molar-refractivity contribution in [1.29, 1.82) is 0 Å². The molecule has 0 radical (unpaired) electrons. The predicted octanol–water partition coefficient (Wildman–Crippen LogP) is 5.70. The maximum atomic E-state index is 11.5. The third kappa shape index (κ3) is 5.74. The molecule has 3 rings (SSSR count). The van der Waals surface area contributed by atoms with Gasteiger partial charge >= 0.3 is 0 Å². The number of Topliss-reactive ketones (excluding diaryl/α,β-unsaturated/α-hetero) is 1. The van der Waals surface area contributed by atoms with E-state index in [2.05, 4.69) is 57.8 Å². The van der Waals surface area contributed by atoms with Crippen molar-refractivity contribution in [2.45, 2.75) is 45.0 Å². The van der Waals surface area contributed by atoms with E-state index in [0.29, 0.717) is 11.7 Å². The summed E-state index contributed by atoms with van der Waals surface area (Å²) in [4.78, 5) is 11.5. The first-order valence-electron chi connectivity index (χ1n) is 7.97. The number of benzene rings is 2. The quantitative estimate of drug-likeness (QED) is 0.463. The lowest BCUT2D eigenvalue weighted by Crippen LogP contribution is -2.30. The Hall–Kier alpha value is -1.01. The van der Waals surface area contributed by atoms with Crippen LogP contribution in [0, 0.1) is 0 Å². The fourth-order valence-corrected chi connectivity index (χ4v) is 2.86. The number of aliphatic hydroxyl groups is 1. The molecule has 1 unspecified atom stereocenters. The van der Waals surface area contributed by atoms with Gasteiger partial charge in [-0.15, -0.1) is 0 Å². The summed E-state index contributed by atoms with van der Waals surface area (Å²) in [6.07, 6.45) is 0.297. The Balaban J connectivity index is 0.000000181. The van der Waals surface area contributed by atoms with Gasteiger partial charge in [0.2, 0.25) is 0 Å². The normalized spacial score (nSPS) is 18.1. The molecule has 1 aliphatic rings. The molecular weight excluding hydrogens is 448 g/mol. The number of rotatable bonds is 3. The molecule has 0 aromatic heterocycles. The molecule has 2 aromatic rings. The zero-order chi connectivity index (χ0) is 18.8. The summed E-state index contributed by atoms with van der Waals surface area (Å²) in [6, 6.07) is 15.2. The largest absolute Gasteiger partial charge is 0.382 e. The average molecular weight is 470 g/mol. The van der Waals surface area contributed by atoms with E-state index in [0.717, 1.165) is 8.95 Å². The summed E-state index contributed by atoms with van der Waals surface area (Å²) in [5, 5.41) is 9.45. The van der Waals surface area contributed by atoms with E-state index in [-0.39, 0.29) is 11.4 Å². The van der Waals surface area contributed by atoms with E-state index >= 15 is 0 Å². The van der Waals surface area contributed by atoms with Gasteiger partial charge in [-0.2, -0.15) is 0 Å². The van der Waals surface area contributed by atoms with Crippen LogP contribution in [0.2, 0.25) is 0 Å². The highest BCUT2D eigenvalue weighted by molar-refractivity contribution is 9.10. The second-order valence-corrected chi connectivity index (χ2v) is 8.88. The molecule has 25 heavy (non-hydrogen) atoms. The first kappa shape index (κ1) is 20.3. The van der Waals surface area contributed by atoms with Crippen molar-refractivity contribution in [3.05, 3.63) is 68.6 Å². The Labute approximate surface area is 165 Å². The van der Waals surface area contributed by atoms with Gasteiger partial charge in [0.1, 0.15) is 11.7 Å². The molecule has 1 fully saturated rings. The molecule has 1 N–H and O–H groups in total. The van der Waals surface area contributed by atoms with Gasteiger partial charge in [0, 0.05) is 14.5 Å². The van der Waals surface area contributed by atoms with E-state index in [1.165, 1.54) is 19.4 Å². The Morgan fingerprint density at radius 1 is 1.00 bits per heavy atom. The van der Waals surface area contributed by atoms with Crippen molar-refractivity contribution in [2.75, 3.05) is 0 Å². The molecule has 0 amide bonds. The van der Waals surface area contributed by atoms with Crippen LogP contribution in [-0.4, -0.2) is 22.1 Å². The number of hydrogen-bond acceptors (Lipinski definition) is 3. The van der Waals surface area contributed by atoms with Crippen LogP contribution in [0.25, 0.3) is 0 Å². The maximum absolute atomic E-state index is 11.5. The number of halogens is 2. The minimum Gasteiger partial charge on any atom is -0.382 e. The maximum Gasteiger partial charge on any atom is 0.193 e. The lowest BCUT2D eigenvalue weighted by atomic mass is 9.97. The van der Waals surface area contributed by atoms with Gasteiger partial charge in [0.05, 0.1) is 5.60 Å². The molecule has 1 saturated heterocycles. The summed E-state index contributed by atoms with van der Waals surface area (Å²) < 4.78 is 7.55. The smallest absolute Gasteiger partial charge is 0.193 e. The first-order valence-corrected chi connectivity index (χ1v) is 9.55. The first-order chi connectivity index (χ1) is 11.5. The van der Waals surface area contributed by atoms with Crippen LogP contribution < -0.4 is 0 Å². The molecule has 0 aliphatic carbocycles. The molecule has 5 heteroatoms. The van der Waals surface area contributed by atoms with E-state index in [4.69, 9.17) is 4.74 Å². The van der Waals surface area contributed by atoms with Crippen molar-refractivity contribution >= 4 is 37.6 Å². The number of ether oxygens (including phenoxy) is 1. The number of epoxide rings is 1. The molecule has 134 valence electrons. The van der Waals surface area contributed by atoms with Gasteiger partial charge in [0.15, 0.2) is 5.78 Å². The van der Waals surface area contributed by atoms with Crippen molar-refractivity contribution in [2.24, 2.45) is 0 Å². The fourth-order valence-electron chi connectivity index (χ4n) is 2.33. The van der Waals surface area contributed by atoms with E-state index in [1.807, 2.05) is 12.1 Å². The monoisotopic (exact) mass is 468 g/mol. The number of carbonyl (C=O) groups is 1. The Morgan fingerprint density at radius 2 is 1.40 bits per heavy atom. The minimum atomic E-state index is -1.30. The van der Waals surface area contributed by atoms with E-state index in [1.54, 1.807) is 24.3 Å². The van der Waals surface area contributed by atoms with Gasteiger partial charge in [-0.25, -0.2) is 0 Å². The molecule has 0 spiro atoms. The van der Waals surface area contributed by atoms with Crippen LogP contribution in [0.5, 0.6) is 0 Å². The molecule has 0 saturated carbocycles. The van der Waals surface area contributed by atoms with Gasteiger partial charge in [-0.05, 0) is 57.5 Å². The molecule has 0 bridgehead atoms. The Kier molecular flexibility index (Phi) is 6.26. The summed E-state index contributed by atoms with van der Waals surface area (Å²) >= 11 is 6.67. The zero-order valence-electron chi connectivity index (χ0n) is 14.7. The van der Waals surface area contributed by atoms with Gasteiger partial charge in [0.25, 0.3) is 0 Å². The average Bonchev–Trinajstić information content (AvgIpc) is 3.16. The second kappa shape index (κ2) is 7.70. The van der Waals surface area contributed by atoms with Crippen LogP contribution in [-0.2, 0) is 4.74 Å². The van der Waals surface area contributed by atoms with Crippen LogP contribution in [0.4, 0.5) is 0 Å². The van der Waals surface area contributed by atoms with Crippen LogP contribution >= 0.6 is 31.9 Å². The number of ketones is 1. The van der Waals surface area contributed by atoms with E-state index < -0.39 is 5.60 Å². The van der Waals surface area contributed by atoms with Crippen LogP contribution in [0.3, 0.4) is 0 Å². The zero-order valence-corrected chi connectivity index (χ0v) is 17.9. The highest BCUT2D eigenvalue weighted by Crippen LogP contribution is 2.48. The highest BCUT2D eigenvalue weighted by atomic mass is 79.9. The van der Waals surface area contributed by atoms with Crippen LogP contribution in [0.1, 0.15) is 49.7 Å². The topological polar surface area (TPSA) is 49.8 Å². The lowest BCUT2D eigenvalue weighted by molar-refractivity contribution is 0.0488. The summed E-state index contributed by atoms with van der Waals surface area (Å²) in [7, 11) is 0. The molecule has 1 atom stereocenters. The summed E-state index contributed by atoms with van der Waals surface area (Å²) in [6.45, 7) is 7.19. The Bertz CT molecular complexity index is 729. The number of carbonyl (C=O) groups excluding carboxylic acids is 1.